The zero-order valence-corrected chi connectivity index (χ0v) is 14.9. The molecule has 2 aromatic heterocycles. The lowest BCUT2D eigenvalue weighted by Crippen LogP contribution is -2.43. The van der Waals surface area contributed by atoms with Gasteiger partial charge in [0.25, 0.3) is 0 Å². The van der Waals surface area contributed by atoms with Gasteiger partial charge in [0.05, 0.1) is 5.92 Å². The van der Waals surface area contributed by atoms with Crippen LogP contribution in [0, 0.1) is 12.8 Å². The Kier molecular flexibility index (Phi) is 4.56. The highest BCUT2D eigenvalue weighted by atomic mass is 16.1. The predicted octanol–water partition coefficient (Wildman–Crippen LogP) is 2.57. The second-order valence-corrected chi connectivity index (χ2v) is 6.92. The van der Waals surface area contributed by atoms with E-state index in [4.69, 9.17) is 0 Å². The zero-order chi connectivity index (χ0) is 17.9. The lowest BCUT2D eigenvalue weighted by molar-refractivity contribution is -0.125. The molecule has 6 heteroatoms. The number of nitrogens with one attached hydrogen (secondary N) is 1. The number of aromatic nitrogens is 3. The maximum atomic E-state index is 12.7. The number of carbonyl (C=O) groups is 1. The quantitative estimate of drug-likeness (QED) is 0.786. The fourth-order valence-corrected chi connectivity index (χ4v) is 3.57. The van der Waals surface area contributed by atoms with E-state index in [0.29, 0.717) is 13.1 Å². The molecule has 0 spiro atoms. The first-order chi connectivity index (χ1) is 12.7. The molecule has 0 radical (unpaired) electrons. The summed E-state index contributed by atoms with van der Waals surface area (Å²) in [6.07, 6.45) is 3.85. The Morgan fingerprint density at radius 3 is 3.04 bits per heavy atom. The smallest absolute Gasteiger partial charge is 0.231 e. The first-order valence-electron chi connectivity index (χ1n) is 9.09. The van der Waals surface area contributed by atoms with Gasteiger partial charge in [-0.2, -0.15) is 0 Å². The van der Waals surface area contributed by atoms with E-state index in [9.17, 15) is 4.79 Å². The highest BCUT2D eigenvalue weighted by Gasteiger charge is 2.27. The van der Waals surface area contributed by atoms with Crippen LogP contribution in [-0.2, 0) is 11.3 Å². The Bertz CT molecular complexity index is 919. The highest BCUT2D eigenvalue weighted by Crippen LogP contribution is 2.22. The highest BCUT2D eigenvalue weighted by molar-refractivity contribution is 5.79. The van der Waals surface area contributed by atoms with Crippen molar-refractivity contribution in [1.82, 2.24) is 19.9 Å². The third kappa shape index (κ3) is 3.40. The van der Waals surface area contributed by atoms with Crippen LogP contribution in [0.15, 0.2) is 48.7 Å². The molecule has 0 unspecified atom stereocenters. The number of anilines is 1. The van der Waals surface area contributed by atoms with E-state index in [2.05, 4.69) is 39.5 Å². The first kappa shape index (κ1) is 16.6. The molecule has 26 heavy (non-hydrogen) atoms. The topological polar surface area (TPSA) is 62.5 Å². The van der Waals surface area contributed by atoms with Crippen LogP contribution in [0.3, 0.4) is 0 Å². The normalized spacial score (nSPS) is 17.4. The summed E-state index contributed by atoms with van der Waals surface area (Å²) in [7, 11) is 0. The zero-order valence-electron chi connectivity index (χ0n) is 14.9. The van der Waals surface area contributed by atoms with Crippen molar-refractivity contribution in [3.63, 3.8) is 0 Å². The summed E-state index contributed by atoms with van der Waals surface area (Å²) in [5.74, 6) is 0.909. The molecule has 3 aromatic rings. The average molecular weight is 349 g/mol. The number of rotatable bonds is 4. The fraction of sp³-hybridized carbons (Fsp3) is 0.350. The number of benzene rings is 1. The van der Waals surface area contributed by atoms with Crippen molar-refractivity contribution in [1.29, 1.82) is 0 Å². The summed E-state index contributed by atoms with van der Waals surface area (Å²) in [4.78, 5) is 14.8. The van der Waals surface area contributed by atoms with Gasteiger partial charge in [-0.15, -0.1) is 10.2 Å². The van der Waals surface area contributed by atoms with Crippen molar-refractivity contribution in [2.75, 3.05) is 18.0 Å². The Balaban J connectivity index is 1.42. The largest absolute Gasteiger partial charge is 0.352 e. The van der Waals surface area contributed by atoms with Gasteiger partial charge >= 0.3 is 0 Å². The molecule has 1 saturated heterocycles. The lowest BCUT2D eigenvalue weighted by Gasteiger charge is -2.32. The van der Waals surface area contributed by atoms with Crippen molar-refractivity contribution in [2.45, 2.75) is 26.3 Å². The molecule has 1 atom stereocenters. The van der Waals surface area contributed by atoms with Crippen LogP contribution >= 0.6 is 0 Å². The van der Waals surface area contributed by atoms with Gasteiger partial charge < -0.3 is 10.2 Å². The summed E-state index contributed by atoms with van der Waals surface area (Å²) in [5, 5.41) is 11.6. The van der Waals surface area contributed by atoms with Crippen LogP contribution < -0.4 is 10.2 Å². The van der Waals surface area contributed by atoms with Crippen molar-refractivity contribution in [2.24, 2.45) is 5.92 Å². The number of amides is 1. The molecule has 134 valence electrons. The standard InChI is InChI=1S/C20H23N5O/c1-15-6-4-7-16(12-15)13-21-19(26)17-8-5-10-24(14-17)20-23-22-18-9-2-3-11-25(18)20/h2-4,6-7,9,11-12,17H,5,8,10,13-14H2,1H3,(H,21,26)/t17-/m0/s1. The number of carbonyl (C=O) groups excluding carboxylic acids is 1. The van der Waals surface area contributed by atoms with E-state index in [1.165, 1.54) is 5.56 Å². The summed E-state index contributed by atoms with van der Waals surface area (Å²) in [6.45, 7) is 4.21. The minimum absolute atomic E-state index is 0.0235. The Hall–Kier alpha value is -2.89. The number of nitrogens with zero attached hydrogens (tertiary/aromatic N) is 4. The number of piperidine rings is 1. The van der Waals surface area contributed by atoms with Gasteiger partial charge in [-0.05, 0) is 37.5 Å². The Labute approximate surface area is 152 Å². The maximum absolute atomic E-state index is 12.7. The molecule has 0 bridgehead atoms. The molecule has 6 nitrogen and oxygen atoms in total. The fourth-order valence-electron chi connectivity index (χ4n) is 3.57. The van der Waals surface area contributed by atoms with Crippen LogP contribution in [0.1, 0.15) is 24.0 Å². The van der Waals surface area contributed by atoms with Crippen molar-refractivity contribution in [3.05, 3.63) is 59.8 Å². The summed E-state index contributed by atoms with van der Waals surface area (Å²) >= 11 is 0. The molecule has 1 fully saturated rings. The number of pyridine rings is 1. The molecule has 1 amide bonds. The second kappa shape index (κ2) is 7.15. The third-order valence-corrected chi connectivity index (χ3v) is 4.92. The van der Waals surface area contributed by atoms with Gasteiger partial charge in [0.2, 0.25) is 11.9 Å². The number of fused-ring (bicyclic) bond motifs is 1. The van der Waals surface area contributed by atoms with Crippen LogP contribution in [-0.4, -0.2) is 33.6 Å². The van der Waals surface area contributed by atoms with E-state index < -0.39 is 0 Å². The van der Waals surface area contributed by atoms with Crippen LogP contribution in [0.5, 0.6) is 0 Å². The lowest BCUT2D eigenvalue weighted by atomic mass is 9.97. The number of hydrogen-bond donors (Lipinski definition) is 1. The molecule has 1 aliphatic rings. The maximum Gasteiger partial charge on any atom is 0.231 e. The Morgan fingerprint density at radius 1 is 1.23 bits per heavy atom. The molecule has 0 aliphatic carbocycles. The molecule has 3 heterocycles. The van der Waals surface area contributed by atoms with E-state index in [1.807, 2.05) is 40.9 Å². The SMILES string of the molecule is Cc1cccc(CNC(=O)[C@H]2CCCN(c3nnc4ccccn34)C2)c1. The van der Waals surface area contributed by atoms with E-state index in [0.717, 1.165) is 36.5 Å². The summed E-state index contributed by atoms with van der Waals surface area (Å²) in [5.41, 5.74) is 3.17. The number of aryl methyl sites for hydroxylation is 1. The molecule has 1 N–H and O–H groups in total. The molecular weight excluding hydrogens is 326 g/mol. The monoisotopic (exact) mass is 349 g/mol. The van der Waals surface area contributed by atoms with Gasteiger partial charge in [0.1, 0.15) is 0 Å². The van der Waals surface area contributed by atoms with E-state index >= 15 is 0 Å². The first-order valence-corrected chi connectivity index (χ1v) is 9.09. The molecule has 1 aliphatic heterocycles. The van der Waals surface area contributed by atoms with Crippen LogP contribution in [0.4, 0.5) is 5.95 Å². The van der Waals surface area contributed by atoms with Gasteiger partial charge in [0, 0.05) is 25.8 Å². The minimum Gasteiger partial charge on any atom is -0.352 e. The Morgan fingerprint density at radius 2 is 2.15 bits per heavy atom. The van der Waals surface area contributed by atoms with Gasteiger partial charge in [0.15, 0.2) is 5.65 Å². The van der Waals surface area contributed by atoms with Crippen LogP contribution in [0.2, 0.25) is 0 Å². The van der Waals surface area contributed by atoms with Crippen molar-refractivity contribution >= 4 is 17.5 Å². The number of hydrogen-bond acceptors (Lipinski definition) is 4. The van der Waals surface area contributed by atoms with Gasteiger partial charge in [-0.1, -0.05) is 35.9 Å². The molecule has 1 aromatic carbocycles. The minimum atomic E-state index is -0.0235. The molecule has 4 rings (SSSR count). The van der Waals surface area contributed by atoms with Crippen molar-refractivity contribution in [3.8, 4) is 0 Å². The average Bonchev–Trinajstić information content (AvgIpc) is 3.10. The molecular formula is C20H23N5O. The summed E-state index contributed by atoms with van der Waals surface area (Å²) in [6, 6.07) is 14.1. The van der Waals surface area contributed by atoms with Gasteiger partial charge in [-0.25, -0.2) is 0 Å². The van der Waals surface area contributed by atoms with E-state index in [1.54, 1.807) is 0 Å². The second-order valence-electron chi connectivity index (χ2n) is 6.92. The predicted molar refractivity (Wildman–Crippen MR) is 101 cm³/mol. The third-order valence-electron chi connectivity index (χ3n) is 4.92. The summed E-state index contributed by atoms with van der Waals surface area (Å²) < 4.78 is 1.98. The van der Waals surface area contributed by atoms with Gasteiger partial charge in [-0.3, -0.25) is 9.20 Å². The van der Waals surface area contributed by atoms with Crippen molar-refractivity contribution < 1.29 is 4.79 Å². The van der Waals surface area contributed by atoms with E-state index in [-0.39, 0.29) is 11.8 Å². The molecule has 0 saturated carbocycles. The van der Waals surface area contributed by atoms with Crippen LogP contribution in [0.25, 0.3) is 5.65 Å².